The van der Waals surface area contributed by atoms with Gasteiger partial charge in [0.05, 0.1) is 12.7 Å². The van der Waals surface area contributed by atoms with Crippen molar-refractivity contribution in [1.82, 2.24) is 20.6 Å². The van der Waals surface area contributed by atoms with E-state index >= 15 is 0 Å². The molecule has 0 amide bonds. The summed E-state index contributed by atoms with van der Waals surface area (Å²) in [5.74, 6) is -0.194. The summed E-state index contributed by atoms with van der Waals surface area (Å²) in [5.41, 5.74) is 2.16. The molecule has 0 fully saturated rings. The summed E-state index contributed by atoms with van der Waals surface area (Å²) in [4.78, 5) is 11.7. The number of hydrogen-bond acceptors (Lipinski definition) is 7. The van der Waals surface area contributed by atoms with Crippen molar-refractivity contribution in [3.05, 3.63) is 41.4 Å². The van der Waals surface area contributed by atoms with Crippen LogP contribution in [-0.4, -0.2) is 33.7 Å². The first-order valence-electron chi connectivity index (χ1n) is 7.20. The highest BCUT2D eigenvalue weighted by Crippen LogP contribution is 2.31. The predicted molar refractivity (Wildman–Crippen MR) is 87.9 cm³/mol. The van der Waals surface area contributed by atoms with Crippen LogP contribution < -0.4 is 5.32 Å². The summed E-state index contributed by atoms with van der Waals surface area (Å²) >= 11 is 0. The van der Waals surface area contributed by atoms with E-state index in [9.17, 15) is 10.1 Å². The summed E-state index contributed by atoms with van der Waals surface area (Å²) in [6.45, 7) is 6.09. The van der Waals surface area contributed by atoms with Gasteiger partial charge in [-0.2, -0.15) is 10.5 Å². The van der Waals surface area contributed by atoms with Crippen LogP contribution in [0.3, 0.4) is 0 Å². The fraction of sp³-hybridized carbons (Fsp3) is 0.312. The standard InChI is InChI=1S/C16H18N6O2/c1-16(2,3)12-7-10(15(23)24-4)5-6-13(12)18-9-11(8-17)14-19-21-22-20-14/h5-7,9,18H,1-4H3,(H,19,20,21,22). The van der Waals surface area contributed by atoms with E-state index in [1.165, 1.54) is 13.3 Å². The minimum atomic E-state index is -0.396. The number of anilines is 1. The molecule has 0 atom stereocenters. The lowest BCUT2D eigenvalue weighted by atomic mass is 9.84. The Hall–Kier alpha value is -3.21. The van der Waals surface area contributed by atoms with Gasteiger partial charge in [0, 0.05) is 11.9 Å². The number of nitriles is 1. The lowest BCUT2D eigenvalue weighted by molar-refractivity contribution is 0.0600. The molecule has 1 heterocycles. The van der Waals surface area contributed by atoms with Crippen molar-refractivity contribution in [2.24, 2.45) is 0 Å². The Morgan fingerprint density at radius 2 is 2.17 bits per heavy atom. The van der Waals surface area contributed by atoms with Crippen LogP contribution in [0.5, 0.6) is 0 Å². The van der Waals surface area contributed by atoms with Gasteiger partial charge >= 0.3 is 5.97 Å². The zero-order chi connectivity index (χ0) is 17.7. The maximum absolute atomic E-state index is 11.7. The Bertz CT molecular complexity index is 797. The lowest BCUT2D eigenvalue weighted by Gasteiger charge is -2.23. The summed E-state index contributed by atoms with van der Waals surface area (Å²) in [6.07, 6.45) is 1.51. The molecular formula is C16H18N6O2. The van der Waals surface area contributed by atoms with Gasteiger partial charge in [-0.1, -0.05) is 20.8 Å². The number of nitrogens with zero attached hydrogens (tertiary/aromatic N) is 4. The van der Waals surface area contributed by atoms with Crippen LogP contribution in [0.1, 0.15) is 42.5 Å². The topological polar surface area (TPSA) is 117 Å². The average Bonchev–Trinajstić information content (AvgIpc) is 3.08. The first-order valence-corrected chi connectivity index (χ1v) is 7.20. The number of esters is 1. The maximum Gasteiger partial charge on any atom is 0.337 e. The second kappa shape index (κ2) is 6.91. The molecule has 0 unspecified atom stereocenters. The second-order valence-corrected chi connectivity index (χ2v) is 6.05. The van der Waals surface area contributed by atoms with Crippen molar-refractivity contribution in [1.29, 1.82) is 5.26 Å². The maximum atomic E-state index is 11.7. The number of carbonyl (C=O) groups is 1. The number of tetrazole rings is 1. The van der Waals surface area contributed by atoms with Crippen molar-refractivity contribution in [2.45, 2.75) is 26.2 Å². The second-order valence-electron chi connectivity index (χ2n) is 6.05. The fourth-order valence-corrected chi connectivity index (χ4v) is 2.11. The third-order valence-electron chi connectivity index (χ3n) is 3.33. The van der Waals surface area contributed by atoms with Crippen molar-refractivity contribution in [2.75, 3.05) is 12.4 Å². The van der Waals surface area contributed by atoms with Gasteiger partial charge in [0.1, 0.15) is 11.6 Å². The highest BCUT2D eigenvalue weighted by atomic mass is 16.5. The van der Waals surface area contributed by atoms with Gasteiger partial charge in [-0.3, -0.25) is 0 Å². The molecule has 1 aromatic carbocycles. The van der Waals surface area contributed by atoms with Crippen molar-refractivity contribution < 1.29 is 9.53 Å². The summed E-state index contributed by atoms with van der Waals surface area (Å²) in [6, 6.07) is 7.23. The third kappa shape index (κ3) is 3.76. The molecule has 0 spiro atoms. The molecule has 0 aliphatic rings. The van der Waals surface area contributed by atoms with Crippen LogP contribution in [0, 0.1) is 11.3 Å². The number of hydrogen-bond donors (Lipinski definition) is 2. The molecule has 0 saturated heterocycles. The van der Waals surface area contributed by atoms with E-state index in [0.29, 0.717) is 5.56 Å². The minimum absolute atomic E-state index is 0.202. The SMILES string of the molecule is COC(=O)c1ccc(NC=C(C#N)c2nn[nH]n2)c(C(C)(C)C)c1. The van der Waals surface area contributed by atoms with Crippen molar-refractivity contribution in [3.8, 4) is 6.07 Å². The summed E-state index contributed by atoms with van der Waals surface area (Å²) < 4.78 is 4.77. The lowest BCUT2D eigenvalue weighted by Crippen LogP contribution is -2.15. The van der Waals surface area contributed by atoms with Crippen LogP contribution in [0.4, 0.5) is 5.69 Å². The summed E-state index contributed by atoms with van der Waals surface area (Å²) in [7, 11) is 1.35. The van der Waals surface area contributed by atoms with Gasteiger partial charge in [0.15, 0.2) is 0 Å². The quantitative estimate of drug-likeness (QED) is 0.653. The highest BCUT2D eigenvalue weighted by molar-refractivity contribution is 5.90. The molecule has 2 N–H and O–H groups in total. The van der Waals surface area contributed by atoms with Gasteiger partial charge in [0.25, 0.3) is 0 Å². The highest BCUT2D eigenvalue weighted by Gasteiger charge is 2.20. The number of nitrogens with one attached hydrogen (secondary N) is 2. The van der Waals surface area contributed by atoms with E-state index in [4.69, 9.17) is 4.74 Å². The van der Waals surface area contributed by atoms with Gasteiger partial charge in [-0.25, -0.2) is 4.79 Å². The van der Waals surface area contributed by atoms with E-state index in [-0.39, 0.29) is 16.8 Å². The first kappa shape index (κ1) is 17.1. The summed E-state index contributed by atoms with van der Waals surface area (Å²) in [5, 5.41) is 25.6. The molecule has 0 aliphatic heterocycles. The van der Waals surface area contributed by atoms with E-state index in [1.807, 2.05) is 26.8 Å². The Balaban J connectivity index is 2.39. The smallest absolute Gasteiger partial charge is 0.337 e. The van der Waals surface area contributed by atoms with Crippen LogP contribution in [0.15, 0.2) is 24.4 Å². The normalized spacial score (nSPS) is 11.7. The molecule has 1 aromatic heterocycles. The Kier molecular flexibility index (Phi) is 4.94. The zero-order valence-electron chi connectivity index (χ0n) is 13.9. The Labute approximate surface area is 139 Å². The average molecular weight is 326 g/mol. The van der Waals surface area contributed by atoms with E-state index in [1.54, 1.807) is 18.2 Å². The number of benzene rings is 1. The monoisotopic (exact) mass is 326 g/mol. The van der Waals surface area contributed by atoms with E-state index in [2.05, 4.69) is 25.9 Å². The molecule has 2 aromatic rings. The number of ether oxygens (including phenoxy) is 1. The molecule has 0 saturated carbocycles. The molecule has 124 valence electrons. The van der Waals surface area contributed by atoms with Crippen LogP contribution >= 0.6 is 0 Å². The number of methoxy groups -OCH3 is 1. The molecule has 2 rings (SSSR count). The van der Waals surface area contributed by atoms with Gasteiger partial charge in [0.2, 0.25) is 5.82 Å². The predicted octanol–water partition coefficient (Wildman–Crippen LogP) is 2.26. The van der Waals surface area contributed by atoms with Gasteiger partial charge in [-0.05, 0) is 34.4 Å². The molecular weight excluding hydrogens is 308 g/mol. The largest absolute Gasteiger partial charge is 0.465 e. The molecule has 8 nitrogen and oxygen atoms in total. The number of carbonyl (C=O) groups excluding carboxylic acids is 1. The van der Waals surface area contributed by atoms with Gasteiger partial charge in [-0.15, -0.1) is 10.2 Å². The number of aromatic amines is 1. The van der Waals surface area contributed by atoms with E-state index < -0.39 is 5.97 Å². The van der Waals surface area contributed by atoms with Crippen LogP contribution in [0.25, 0.3) is 5.57 Å². The minimum Gasteiger partial charge on any atom is -0.465 e. The number of rotatable bonds is 4. The molecule has 0 radical (unpaired) electrons. The fourth-order valence-electron chi connectivity index (χ4n) is 2.11. The van der Waals surface area contributed by atoms with Crippen LogP contribution in [0.2, 0.25) is 0 Å². The molecule has 24 heavy (non-hydrogen) atoms. The van der Waals surface area contributed by atoms with Gasteiger partial charge < -0.3 is 10.1 Å². The third-order valence-corrected chi connectivity index (χ3v) is 3.33. The Morgan fingerprint density at radius 1 is 1.42 bits per heavy atom. The molecule has 8 heteroatoms. The number of aromatic nitrogens is 4. The Morgan fingerprint density at radius 3 is 2.71 bits per heavy atom. The first-order chi connectivity index (χ1) is 11.4. The number of H-pyrrole nitrogens is 1. The molecule has 0 bridgehead atoms. The van der Waals surface area contributed by atoms with Crippen molar-refractivity contribution in [3.63, 3.8) is 0 Å². The van der Waals surface area contributed by atoms with Crippen molar-refractivity contribution >= 4 is 17.2 Å². The molecule has 0 aliphatic carbocycles. The number of allylic oxidation sites excluding steroid dienone is 1. The van der Waals surface area contributed by atoms with Crippen LogP contribution in [-0.2, 0) is 10.2 Å². The van der Waals surface area contributed by atoms with E-state index in [0.717, 1.165) is 11.3 Å². The zero-order valence-corrected chi connectivity index (χ0v) is 13.9.